The van der Waals surface area contributed by atoms with Crippen LogP contribution in [0.15, 0.2) is 24.3 Å². The minimum absolute atomic E-state index is 0.220. The highest BCUT2D eigenvalue weighted by Crippen LogP contribution is 2.36. The molecule has 1 aromatic carbocycles. The highest BCUT2D eigenvalue weighted by Gasteiger charge is 2.35. The van der Waals surface area contributed by atoms with E-state index < -0.39 is 11.7 Å². The molecule has 2 unspecified atom stereocenters. The van der Waals surface area contributed by atoms with Crippen molar-refractivity contribution in [3.05, 3.63) is 35.4 Å². The van der Waals surface area contributed by atoms with Crippen LogP contribution in [0.1, 0.15) is 31.0 Å². The maximum absolute atomic E-state index is 13.0. The van der Waals surface area contributed by atoms with Crippen LogP contribution in [0.3, 0.4) is 0 Å². The van der Waals surface area contributed by atoms with Gasteiger partial charge in [-0.25, -0.2) is 0 Å². The van der Waals surface area contributed by atoms with E-state index in [0.29, 0.717) is 11.6 Å². The van der Waals surface area contributed by atoms with Gasteiger partial charge in [-0.1, -0.05) is 18.2 Å². The van der Waals surface area contributed by atoms with Crippen LogP contribution in [0.4, 0.5) is 13.2 Å². The zero-order valence-electron chi connectivity index (χ0n) is 11.2. The molecule has 106 valence electrons. The van der Waals surface area contributed by atoms with Crippen molar-refractivity contribution in [3.63, 3.8) is 0 Å². The third kappa shape index (κ3) is 3.28. The molecule has 0 spiro atoms. The fourth-order valence-corrected chi connectivity index (χ4v) is 2.63. The summed E-state index contributed by atoms with van der Waals surface area (Å²) in [6, 6.07) is 5.96. The van der Waals surface area contributed by atoms with E-state index in [1.807, 2.05) is 6.92 Å². The third-order valence-electron chi connectivity index (χ3n) is 3.66. The van der Waals surface area contributed by atoms with Gasteiger partial charge in [0.2, 0.25) is 0 Å². The van der Waals surface area contributed by atoms with Gasteiger partial charge in [-0.3, -0.25) is 4.90 Å². The molecule has 19 heavy (non-hydrogen) atoms. The van der Waals surface area contributed by atoms with E-state index in [1.165, 1.54) is 6.07 Å². The summed E-state index contributed by atoms with van der Waals surface area (Å²) in [4.78, 5) is 2.10. The number of nitrogens with one attached hydrogen (secondary N) is 1. The van der Waals surface area contributed by atoms with Crippen LogP contribution in [0.25, 0.3) is 0 Å². The summed E-state index contributed by atoms with van der Waals surface area (Å²) in [6.45, 7) is 6.27. The lowest BCUT2D eigenvalue weighted by Gasteiger charge is -2.37. The Balaban J connectivity index is 2.26. The first-order valence-electron chi connectivity index (χ1n) is 6.53. The smallest absolute Gasteiger partial charge is 0.312 e. The van der Waals surface area contributed by atoms with Crippen LogP contribution in [-0.2, 0) is 6.18 Å². The Morgan fingerprint density at radius 3 is 2.63 bits per heavy atom. The molecule has 0 bridgehead atoms. The van der Waals surface area contributed by atoms with E-state index in [1.54, 1.807) is 12.1 Å². The summed E-state index contributed by atoms with van der Waals surface area (Å²) in [7, 11) is 0. The first-order valence-corrected chi connectivity index (χ1v) is 6.53. The maximum atomic E-state index is 13.0. The Labute approximate surface area is 111 Å². The van der Waals surface area contributed by atoms with Gasteiger partial charge < -0.3 is 5.32 Å². The first-order chi connectivity index (χ1) is 8.89. The lowest BCUT2D eigenvalue weighted by Crippen LogP contribution is -2.50. The number of piperazine rings is 1. The topological polar surface area (TPSA) is 15.3 Å². The molecule has 0 radical (unpaired) electrons. The molecule has 0 amide bonds. The van der Waals surface area contributed by atoms with Gasteiger partial charge in [0.05, 0.1) is 5.56 Å². The Morgan fingerprint density at radius 1 is 1.32 bits per heavy atom. The molecule has 2 nitrogen and oxygen atoms in total. The van der Waals surface area contributed by atoms with Crippen LogP contribution >= 0.6 is 0 Å². The fourth-order valence-electron chi connectivity index (χ4n) is 2.63. The van der Waals surface area contributed by atoms with Crippen molar-refractivity contribution in [1.29, 1.82) is 0 Å². The summed E-state index contributed by atoms with van der Waals surface area (Å²) in [5.41, 5.74) is -0.155. The molecule has 1 N–H and O–H groups in total. The van der Waals surface area contributed by atoms with E-state index in [2.05, 4.69) is 17.1 Å². The second-order valence-corrected chi connectivity index (χ2v) is 5.11. The van der Waals surface area contributed by atoms with Gasteiger partial charge in [-0.2, -0.15) is 13.2 Å². The number of rotatable bonds is 2. The van der Waals surface area contributed by atoms with Crippen LogP contribution in [0, 0.1) is 0 Å². The second-order valence-electron chi connectivity index (χ2n) is 5.11. The molecule has 2 atom stereocenters. The molecule has 0 aromatic heterocycles. The number of hydrogen-bond acceptors (Lipinski definition) is 2. The van der Waals surface area contributed by atoms with Gasteiger partial charge in [-0.05, 0) is 25.5 Å². The average molecular weight is 272 g/mol. The SMILES string of the molecule is CC1CN(C(C)c2ccccc2C(F)(F)F)CCN1. The molecule has 1 heterocycles. The molecule has 1 aliphatic rings. The lowest BCUT2D eigenvalue weighted by molar-refractivity contribution is -0.138. The van der Waals surface area contributed by atoms with Crippen molar-refractivity contribution in [2.75, 3.05) is 19.6 Å². The van der Waals surface area contributed by atoms with E-state index in [9.17, 15) is 13.2 Å². The molecular formula is C14H19F3N2. The zero-order valence-corrected chi connectivity index (χ0v) is 11.2. The van der Waals surface area contributed by atoms with Gasteiger partial charge in [0, 0.05) is 31.7 Å². The predicted molar refractivity (Wildman–Crippen MR) is 68.9 cm³/mol. The summed E-state index contributed by atoms with van der Waals surface area (Å²) in [6.07, 6.45) is -4.29. The van der Waals surface area contributed by atoms with Gasteiger partial charge >= 0.3 is 6.18 Å². The normalized spacial score (nSPS) is 23.3. The Bertz CT molecular complexity index is 431. The molecule has 2 rings (SSSR count). The fraction of sp³-hybridized carbons (Fsp3) is 0.571. The monoisotopic (exact) mass is 272 g/mol. The van der Waals surface area contributed by atoms with Crippen LogP contribution < -0.4 is 5.32 Å². The Morgan fingerprint density at radius 2 is 2.00 bits per heavy atom. The second kappa shape index (κ2) is 5.51. The molecule has 1 aliphatic heterocycles. The number of benzene rings is 1. The van der Waals surface area contributed by atoms with Gasteiger partial charge in [0.15, 0.2) is 0 Å². The number of nitrogens with zero attached hydrogens (tertiary/aromatic N) is 1. The van der Waals surface area contributed by atoms with E-state index in [4.69, 9.17) is 0 Å². The summed E-state index contributed by atoms with van der Waals surface area (Å²) in [5.74, 6) is 0. The van der Waals surface area contributed by atoms with E-state index >= 15 is 0 Å². The van der Waals surface area contributed by atoms with Gasteiger partial charge in [-0.15, -0.1) is 0 Å². The van der Waals surface area contributed by atoms with Crippen molar-refractivity contribution in [2.45, 2.75) is 32.1 Å². The zero-order chi connectivity index (χ0) is 14.0. The predicted octanol–water partition coefficient (Wildman–Crippen LogP) is 3.06. The summed E-state index contributed by atoms with van der Waals surface area (Å²) >= 11 is 0. The highest BCUT2D eigenvalue weighted by molar-refractivity contribution is 5.32. The quantitative estimate of drug-likeness (QED) is 0.890. The van der Waals surface area contributed by atoms with Crippen molar-refractivity contribution in [1.82, 2.24) is 10.2 Å². The molecule has 1 saturated heterocycles. The lowest BCUT2D eigenvalue weighted by atomic mass is 9.99. The van der Waals surface area contributed by atoms with E-state index in [-0.39, 0.29) is 6.04 Å². The van der Waals surface area contributed by atoms with Crippen LogP contribution in [0.2, 0.25) is 0 Å². The highest BCUT2D eigenvalue weighted by atomic mass is 19.4. The van der Waals surface area contributed by atoms with Crippen LogP contribution in [-0.4, -0.2) is 30.6 Å². The number of halogens is 3. The van der Waals surface area contributed by atoms with Crippen LogP contribution in [0.5, 0.6) is 0 Å². The van der Waals surface area contributed by atoms with E-state index in [0.717, 1.165) is 25.7 Å². The minimum Gasteiger partial charge on any atom is -0.312 e. The molecule has 0 aliphatic carbocycles. The maximum Gasteiger partial charge on any atom is 0.416 e. The van der Waals surface area contributed by atoms with Crippen molar-refractivity contribution in [2.24, 2.45) is 0 Å². The molecule has 0 saturated carbocycles. The molecule has 1 aromatic rings. The van der Waals surface area contributed by atoms with Crippen molar-refractivity contribution >= 4 is 0 Å². The summed E-state index contributed by atoms with van der Waals surface area (Å²) < 4.78 is 39.1. The van der Waals surface area contributed by atoms with Crippen molar-refractivity contribution < 1.29 is 13.2 Å². The standard InChI is InChI=1S/C14H19F3N2/c1-10-9-19(8-7-18-10)11(2)12-5-3-4-6-13(12)14(15,16)17/h3-6,10-11,18H,7-9H2,1-2H3. The molecule has 5 heteroatoms. The Hall–Kier alpha value is -1.07. The minimum atomic E-state index is -4.29. The Kier molecular flexibility index (Phi) is 4.16. The largest absolute Gasteiger partial charge is 0.416 e. The molecular weight excluding hydrogens is 253 g/mol. The number of alkyl halides is 3. The first kappa shape index (κ1) is 14.3. The van der Waals surface area contributed by atoms with Gasteiger partial charge in [0.1, 0.15) is 0 Å². The summed E-state index contributed by atoms with van der Waals surface area (Å²) in [5, 5.41) is 3.30. The van der Waals surface area contributed by atoms with Crippen molar-refractivity contribution in [3.8, 4) is 0 Å². The number of hydrogen-bond donors (Lipinski definition) is 1. The average Bonchev–Trinajstić information content (AvgIpc) is 2.37. The molecule has 1 fully saturated rings. The van der Waals surface area contributed by atoms with Gasteiger partial charge in [0.25, 0.3) is 0 Å². The third-order valence-corrected chi connectivity index (χ3v) is 3.66.